The van der Waals surface area contributed by atoms with Crippen LogP contribution in [0.1, 0.15) is 27.0 Å². The molecule has 0 fully saturated rings. The summed E-state index contributed by atoms with van der Waals surface area (Å²) in [6, 6.07) is 19.8. The molecule has 1 amide bonds. The molecule has 0 spiro atoms. The normalized spacial score (nSPS) is 11.2. The molecular weight excluding hydrogens is 496 g/mol. The smallest absolute Gasteiger partial charge is 0.257 e. The van der Waals surface area contributed by atoms with Gasteiger partial charge in [-0.1, -0.05) is 29.5 Å². The molecule has 4 rings (SSSR count). The second kappa shape index (κ2) is 10.5. The van der Waals surface area contributed by atoms with Gasteiger partial charge in [-0.3, -0.25) is 14.4 Å². The zero-order valence-electron chi connectivity index (χ0n) is 20.3. The summed E-state index contributed by atoms with van der Waals surface area (Å²) in [5.74, 6) is 0.419. The van der Waals surface area contributed by atoms with Crippen molar-refractivity contribution in [1.82, 2.24) is 10.2 Å². The Morgan fingerprint density at radius 3 is 2.28 bits per heavy atom. The molecule has 1 N–H and O–H groups in total. The molecule has 4 aromatic rings. The first-order chi connectivity index (χ1) is 17.1. The topological polar surface area (TPSA) is 101 Å². The van der Waals surface area contributed by atoms with Crippen LogP contribution in [0.25, 0.3) is 10.6 Å². The molecule has 186 valence electrons. The number of anilines is 2. The van der Waals surface area contributed by atoms with Crippen LogP contribution < -0.4 is 14.4 Å². The largest absolute Gasteiger partial charge is 0.497 e. The van der Waals surface area contributed by atoms with Crippen molar-refractivity contribution in [3.8, 4) is 16.3 Å². The summed E-state index contributed by atoms with van der Waals surface area (Å²) < 4.78 is 31.5. The molecule has 0 radical (unpaired) electrons. The van der Waals surface area contributed by atoms with Crippen molar-refractivity contribution in [1.29, 1.82) is 0 Å². The van der Waals surface area contributed by atoms with Gasteiger partial charge in [0.2, 0.25) is 15.2 Å². The first-order valence-electron chi connectivity index (χ1n) is 11.1. The van der Waals surface area contributed by atoms with Gasteiger partial charge >= 0.3 is 0 Å². The lowest BCUT2D eigenvalue weighted by atomic mass is 10.1. The molecule has 3 aromatic carbocycles. The van der Waals surface area contributed by atoms with E-state index in [2.05, 4.69) is 15.5 Å². The monoisotopic (exact) mass is 522 g/mol. The van der Waals surface area contributed by atoms with Gasteiger partial charge in [0.05, 0.1) is 25.6 Å². The number of nitrogens with zero attached hydrogens (tertiary/aromatic N) is 3. The minimum absolute atomic E-state index is 0.158. The third-order valence-electron chi connectivity index (χ3n) is 5.70. The third kappa shape index (κ3) is 5.89. The molecule has 0 aliphatic heterocycles. The molecule has 36 heavy (non-hydrogen) atoms. The number of benzene rings is 3. The standard InChI is InChI=1S/C26H26N4O4S2/c1-17-5-12-22(15-18(17)2)30(36(4,32)33)16-19-6-8-20(9-7-19)24(31)27-26-29-28-25(35-26)21-10-13-23(34-3)14-11-21/h5-15H,16H2,1-4H3,(H,27,29,31). The second-order valence-electron chi connectivity index (χ2n) is 8.33. The van der Waals surface area contributed by atoms with Crippen LogP contribution in [-0.2, 0) is 16.6 Å². The summed E-state index contributed by atoms with van der Waals surface area (Å²) in [5, 5.41) is 12.0. The van der Waals surface area contributed by atoms with Crippen LogP contribution in [0.4, 0.5) is 10.8 Å². The number of ether oxygens (including phenoxy) is 1. The Kier molecular flexibility index (Phi) is 7.37. The zero-order valence-corrected chi connectivity index (χ0v) is 22.0. The van der Waals surface area contributed by atoms with Crippen molar-refractivity contribution in [3.05, 3.63) is 89.0 Å². The Morgan fingerprint density at radius 1 is 0.972 bits per heavy atom. The average Bonchev–Trinajstić information content (AvgIpc) is 3.32. The molecule has 0 saturated heterocycles. The minimum atomic E-state index is -3.50. The molecule has 0 bridgehead atoms. The van der Waals surface area contributed by atoms with Crippen LogP contribution in [0.5, 0.6) is 5.75 Å². The molecule has 8 nitrogen and oxygen atoms in total. The van der Waals surface area contributed by atoms with Crippen molar-refractivity contribution in [2.45, 2.75) is 20.4 Å². The Bertz CT molecular complexity index is 1480. The Morgan fingerprint density at radius 2 is 1.67 bits per heavy atom. The van der Waals surface area contributed by atoms with E-state index in [9.17, 15) is 13.2 Å². The van der Waals surface area contributed by atoms with Gasteiger partial charge in [0, 0.05) is 11.1 Å². The number of methoxy groups -OCH3 is 1. The van der Waals surface area contributed by atoms with E-state index in [1.807, 2.05) is 50.2 Å². The maximum atomic E-state index is 12.7. The number of sulfonamides is 1. The van der Waals surface area contributed by atoms with E-state index in [0.29, 0.717) is 21.4 Å². The maximum Gasteiger partial charge on any atom is 0.257 e. The molecular formula is C26H26N4O4S2. The Balaban J connectivity index is 1.45. The van der Waals surface area contributed by atoms with Crippen LogP contribution in [0, 0.1) is 13.8 Å². The first kappa shape index (κ1) is 25.3. The van der Waals surface area contributed by atoms with Crippen molar-refractivity contribution in [2.75, 3.05) is 23.0 Å². The summed E-state index contributed by atoms with van der Waals surface area (Å²) in [7, 11) is -1.90. The third-order valence-corrected chi connectivity index (χ3v) is 7.73. The number of aryl methyl sites for hydroxylation is 2. The Hall–Kier alpha value is -3.76. The van der Waals surface area contributed by atoms with Crippen molar-refractivity contribution in [2.24, 2.45) is 0 Å². The van der Waals surface area contributed by atoms with Crippen molar-refractivity contribution < 1.29 is 17.9 Å². The van der Waals surface area contributed by atoms with Gasteiger partial charge < -0.3 is 4.74 Å². The second-order valence-corrected chi connectivity index (χ2v) is 11.2. The predicted molar refractivity (Wildman–Crippen MR) is 143 cm³/mol. The van der Waals surface area contributed by atoms with E-state index in [1.165, 1.54) is 21.9 Å². The molecule has 0 atom stereocenters. The summed E-state index contributed by atoms with van der Waals surface area (Å²) >= 11 is 1.27. The fraction of sp³-hybridized carbons (Fsp3) is 0.192. The molecule has 0 saturated carbocycles. The number of nitrogens with one attached hydrogen (secondary N) is 1. The first-order valence-corrected chi connectivity index (χ1v) is 13.7. The van der Waals surface area contributed by atoms with Gasteiger partial charge in [-0.15, -0.1) is 10.2 Å². The van der Waals surface area contributed by atoms with Crippen LogP contribution in [0.15, 0.2) is 66.7 Å². The van der Waals surface area contributed by atoms with Crippen molar-refractivity contribution >= 4 is 38.1 Å². The molecule has 1 heterocycles. The number of aromatic nitrogens is 2. The fourth-order valence-corrected chi connectivity index (χ4v) is 5.13. The lowest BCUT2D eigenvalue weighted by Crippen LogP contribution is -2.29. The summed E-state index contributed by atoms with van der Waals surface area (Å²) in [4.78, 5) is 12.7. The molecule has 0 aliphatic carbocycles. The lowest BCUT2D eigenvalue weighted by Gasteiger charge is -2.23. The quantitative estimate of drug-likeness (QED) is 0.348. The minimum Gasteiger partial charge on any atom is -0.497 e. The van der Waals surface area contributed by atoms with Gasteiger partial charge in [-0.05, 0) is 79.1 Å². The van der Waals surface area contributed by atoms with Gasteiger partial charge in [0.15, 0.2) is 0 Å². The van der Waals surface area contributed by atoms with Gasteiger partial charge in [-0.2, -0.15) is 0 Å². The molecule has 10 heteroatoms. The highest BCUT2D eigenvalue weighted by molar-refractivity contribution is 7.92. The van der Waals surface area contributed by atoms with Crippen LogP contribution in [-0.4, -0.2) is 37.9 Å². The van der Waals surface area contributed by atoms with E-state index in [-0.39, 0.29) is 12.5 Å². The fourth-order valence-electron chi connectivity index (χ4n) is 3.50. The zero-order chi connectivity index (χ0) is 25.9. The van der Waals surface area contributed by atoms with Gasteiger partial charge in [0.1, 0.15) is 10.8 Å². The van der Waals surface area contributed by atoms with Crippen LogP contribution >= 0.6 is 11.3 Å². The van der Waals surface area contributed by atoms with Gasteiger partial charge in [0.25, 0.3) is 5.91 Å². The molecule has 0 unspecified atom stereocenters. The maximum absolute atomic E-state index is 12.7. The highest BCUT2D eigenvalue weighted by Gasteiger charge is 2.19. The number of hydrogen-bond acceptors (Lipinski definition) is 7. The summed E-state index contributed by atoms with van der Waals surface area (Å²) in [5.41, 5.74) is 4.77. The van der Waals surface area contributed by atoms with Crippen LogP contribution in [0.3, 0.4) is 0 Å². The van der Waals surface area contributed by atoms with E-state index < -0.39 is 10.0 Å². The summed E-state index contributed by atoms with van der Waals surface area (Å²) in [6.45, 7) is 4.09. The SMILES string of the molecule is COc1ccc(-c2nnc(NC(=O)c3ccc(CN(c4ccc(C)c(C)c4)S(C)(=O)=O)cc3)s2)cc1. The molecule has 1 aromatic heterocycles. The average molecular weight is 523 g/mol. The molecule has 0 aliphatic rings. The number of carbonyl (C=O) groups excluding carboxylic acids is 1. The van der Waals surface area contributed by atoms with Crippen molar-refractivity contribution in [3.63, 3.8) is 0 Å². The number of amides is 1. The number of hydrogen-bond donors (Lipinski definition) is 1. The van der Waals surface area contributed by atoms with Gasteiger partial charge in [-0.25, -0.2) is 8.42 Å². The highest BCUT2D eigenvalue weighted by atomic mass is 32.2. The highest BCUT2D eigenvalue weighted by Crippen LogP contribution is 2.28. The van der Waals surface area contributed by atoms with E-state index in [4.69, 9.17) is 4.74 Å². The number of rotatable bonds is 8. The number of carbonyl (C=O) groups is 1. The van der Waals surface area contributed by atoms with E-state index in [1.54, 1.807) is 37.4 Å². The lowest BCUT2D eigenvalue weighted by molar-refractivity contribution is 0.102. The summed E-state index contributed by atoms with van der Waals surface area (Å²) in [6.07, 6.45) is 1.19. The van der Waals surface area contributed by atoms with Crippen LogP contribution in [0.2, 0.25) is 0 Å². The van der Waals surface area contributed by atoms with E-state index >= 15 is 0 Å². The predicted octanol–water partition coefficient (Wildman–Crippen LogP) is 5.05. The van der Waals surface area contributed by atoms with E-state index in [0.717, 1.165) is 28.0 Å². The Labute approximate surface area is 214 Å².